The number of carbonyl (C=O) groups is 3. The van der Waals surface area contributed by atoms with Gasteiger partial charge in [0.2, 0.25) is 0 Å². The van der Waals surface area contributed by atoms with Crippen molar-refractivity contribution in [1.82, 2.24) is 0 Å². The third-order valence-corrected chi connectivity index (χ3v) is 5.45. The molecule has 1 saturated carbocycles. The van der Waals surface area contributed by atoms with E-state index in [1.54, 1.807) is 34.6 Å². The molecule has 0 saturated heterocycles. The average molecular weight is 420 g/mol. The summed E-state index contributed by atoms with van der Waals surface area (Å²) >= 11 is 0. The fraction of sp³-hybridized carbons (Fsp3) is 0.850. The molecule has 0 aromatic carbocycles. The highest BCUT2D eigenvalue weighted by Gasteiger charge is 2.47. The quantitative estimate of drug-likeness (QED) is 0.446. The molecule has 170 valence electrons. The molecule has 0 aromatic rings. The van der Waals surface area contributed by atoms with Gasteiger partial charge < -0.3 is 15.1 Å². The van der Waals surface area contributed by atoms with Crippen LogP contribution in [0.4, 0.5) is 0 Å². The summed E-state index contributed by atoms with van der Waals surface area (Å²) in [4.78, 5) is 47.1. The summed E-state index contributed by atoms with van der Waals surface area (Å²) in [6.45, 7) is 14.5. The summed E-state index contributed by atoms with van der Waals surface area (Å²) in [6, 6.07) is 0. The first-order chi connectivity index (χ1) is 12.9. The summed E-state index contributed by atoms with van der Waals surface area (Å²) in [6.07, 6.45) is 0.870. The van der Waals surface area contributed by atoms with E-state index < -0.39 is 40.4 Å². The molecular formula is C20H36O9. The van der Waals surface area contributed by atoms with Gasteiger partial charge in [0.1, 0.15) is 0 Å². The van der Waals surface area contributed by atoms with Crippen LogP contribution in [0.15, 0.2) is 0 Å². The number of rotatable bonds is 5. The van der Waals surface area contributed by atoms with Gasteiger partial charge in [-0.2, -0.15) is 5.26 Å². The van der Waals surface area contributed by atoms with Crippen molar-refractivity contribution in [2.75, 3.05) is 0 Å². The topological polar surface area (TPSA) is 140 Å². The monoisotopic (exact) mass is 420 g/mol. The van der Waals surface area contributed by atoms with E-state index in [9.17, 15) is 19.5 Å². The minimum atomic E-state index is -1.42. The summed E-state index contributed by atoms with van der Waals surface area (Å²) in [5.74, 6) is -3.07. The molecule has 0 aromatic heterocycles. The van der Waals surface area contributed by atoms with Crippen molar-refractivity contribution in [3.63, 3.8) is 0 Å². The number of aliphatic carboxylic acids is 2. The van der Waals surface area contributed by atoms with E-state index >= 15 is 0 Å². The average Bonchev–Trinajstić information content (AvgIpc) is 2.58. The Hall–Kier alpha value is -1.71. The zero-order valence-corrected chi connectivity index (χ0v) is 18.7. The molecule has 0 atom stereocenters. The molecule has 0 bridgehead atoms. The molecule has 0 amide bonds. The molecule has 29 heavy (non-hydrogen) atoms. The Kier molecular flexibility index (Phi) is 9.28. The number of carbonyl (C=O) groups excluding carboxylic acids is 1. The zero-order valence-electron chi connectivity index (χ0n) is 18.7. The lowest BCUT2D eigenvalue weighted by Crippen LogP contribution is -2.47. The fourth-order valence-electron chi connectivity index (χ4n) is 2.29. The Bertz CT molecular complexity index is 574. The van der Waals surface area contributed by atoms with Gasteiger partial charge >= 0.3 is 17.9 Å². The van der Waals surface area contributed by atoms with Crippen LogP contribution in [0.1, 0.15) is 81.1 Å². The lowest BCUT2D eigenvalue weighted by molar-refractivity contribution is -0.401. The predicted octanol–water partition coefficient (Wildman–Crippen LogP) is 3.91. The molecule has 0 heterocycles. The van der Waals surface area contributed by atoms with Gasteiger partial charge in [0, 0.05) is 0 Å². The van der Waals surface area contributed by atoms with Crippen molar-refractivity contribution in [2.24, 2.45) is 16.7 Å². The minimum Gasteiger partial charge on any atom is -0.481 e. The number of carboxylic acids is 2. The SMILES string of the molecule is CC(C)(C)C(C)(C)C(=O)OO.CC(C)(C)OOC1(C(=O)O)CCC(C(=O)O)CC1. The van der Waals surface area contributed by atoms with Crippen molar-refractivity contribution < 1.29 is 44.5 Å². The van der Waals surface area contributed by atoms with Crippen LogP contribution in [-0.2, 0) is 29.0 Å². The van der Waals surface area contributed by atoms with Crippen molar-refractivity contribution in [2.45, 2.75) is 92.3 Å². The number of hydrogen-bond donors (Lipinski definition) is 3. The van der Waals surface area contributed by atoms with Crippen LogP contribution in [-0.4, -0.2) is 44.6 Å². The lowest BCUT2D eigenvalue weighted by atomic mass is 9.69. The Balaban J connectivity index is 0.000000614. The maximum Gasteiger partial charge on any atom is 0.348 e. The summed E-state index contributed by atoms with van der Waals surface area (Å²) in [5.41, 5.74) is -2.90. The van der Waals surface area contributed by atoms with E-state index in [0.29, 0.717) is 0 Å². The highest BCUT2D eigenvalue weighted by atomic mass is 17.2. The molecule has 0 unspecified atom stereocenters. The smallest absolute Gasteiger partial charge is 0.348 e. The summed E-state index contributed by atoms with van der Waals surface area (Å²) in [5, 5.41) is 26.3. The predicted molar refractivity (Wildman–Crippen MR) is 104 cm³/mol. The van der Waals surface area contributed by atoms with Gasteiger partial charge in [-0.1, -0.05) is 20.8 Å². The minimum absolute atomic E-state index is 0.148. The highest BCUT2D eigenvalue weighted by Crippen LogP contribution is 2.38. The van der Waals surface area contributed by atoms with Crippen LogP contribution in [0.25, 0.3) is 0 Å². The number of carboxylic acid groups (broad SMARTS) is 2. The maximum absolute atomic E-state index is 11.3. The van der Waals surface area contributed by atoms with Gasteiger partial charge in [-0.05, 0) is 65.7 Å². The van der Waals surface area contributed by atoms with Gasteiger partial charge in [0.05, 0.1) is 16.9 Å². The van der Waals surface area contributed by atoms with Crippen molar-refractivity contribution >= 4 is 17.9 Å². The zero-order chi connectivity index (χ0) is 23.3. The van der Waals surface area contributed by atoms with Gasteiger partial charge in [0.25, 0.3) is 0 Å². The van der Waals surface area contributed by atoms with Crippen LogP contribution in [0.3, 0.4) is 0 Å². The Morgan fingerprint density at radius 1 is 0.897 bits per heavy atom. The molecule has 1 fully saturated rings. The molecule has 3 N–H and O–H groups in total. The van der Waals surface area contributed by atoms with Crippen molar-refractivity contribution in [3.8, 4) is 0 Å². The Morgan fingerprint density at radius 3 is 1.59 bits per heavy atom. The summed E-state index contributed by atoms with van der Waals surface area (Å²) < 4.78 is 0. The van der Waals surface area contributed by atoms with E-state index in [1.807, 2.05) is 20.8 Å². The van der Waals surface area contributed by atoms with Crippen molar-refractivity contribution in [3.05, 3.63) is 0 Å². The van der Waals surface area contributed by atoms with Crippen LogP contribution in [0.5, 0.6) is 0 Å². The molecule has 1 aliphatic carbocycles. The lowest BCUT2D eigenvalue weighted by Gasteiger charge is -2.35. The molecule has 0 spiro atoms. The molecular weight excluding hydrogens is 384 g/mol. The fourth-order valence-corrected chi connectivity index (χ4v) is 2.29. The largest absolute Gasteiger partial charge is 0.481 e. The van der Waals surface area contributed by atoms with Gasteiger partial charge in [-0.25, -0.2) is 19.4 Å². The molecule has 1 rings (SSSR count). The van der Waals surface area contributed by atoms with E-state index in [4.69, 9.17) is 20.1 Å². The van der Waals surface area contributed by atoms with E-state index in [2.05, 4.69) is 4.89 Å². The first-order valence-electron chi connectivity index (χ1n) is 9.58. The first kappa shape index (κ1) is 27.3. The second-order valence-electron chi connectivity index (χ2n) is 9.94. The second-order valence-corrected chi connectivity index (χ2v) is 9.94. The Morgan fingerprint density at radius 2 is 1.34 bits per heavy atom. The van der Waals surface area contributed by atoms with Gasteiger partial charge in [-0.15, -0.1) is 0 Å². The molecule has 1 aliphatic rings. The van der Waals surface area contributed by atoms with Crippen LogP contribution in [0, 0.1) is 16.7 Å². The highest BCUT2D eigenvalue weighted by molar-refractivity contribution is 5.78. The van der Waals surface area contributed by atoms with Crippen molar-refractivity contribution in [1.29, 1.82) is 0 Å². The van der Waals surface area contributed by atoms with E-state index in [-0.39, 0.29) is 31.1 Å². The first-order valence-corrected chi connectivity index (χ1v) is 9.58. The van der Waals surface area contributed by atoms with Gasteiger partial charge in [0.15, 0.2) is 5.60 Å². The van der Waals surface area contributed by atoms with E-state index in [1.165, 1.54) is 0 Å². The van der Waals surface area contributed by atoms with Crippen LogP contribution < -0.4 is 0 Å². The Labute approximate surface area is 172 Å². The summed E-state index contributed by atoms with van der Waals surface area (Å²) in [7, 11) is 0. The third kappa shape index (κ3) is 7.91. The normalized spacial score (nSPS) is 22.9. The molecule has 9 nitrogen and oxygen atoms in total. The van der Waals surface area contributed by atoms with Crippen LogP contribution in [0.2, 0.25) is 0 Å². The standard InChI is InChI=1S/C12H20O6.C8H16O3/c1-11(2,3)17-18-12(10(15)16)6-4-8(5-7-12)9(13)14;1-7(2,3)8(4,5)6(9)11-10/h8H,4-7H2,1-3H3,(H,13,14)(H,15,16);10H,1-5H3. The maximum atomic E-state index is 11.3. The van der Waals surface area contributed by atoms with E-state index in [0.717, 1.165) is 0 Å². The van der Waals surface area contributed by atoms with Crippen LogP contribution >= 0.6 is 0 Å². The molecule has 0 aliphatic heterocycles. The molecule has 0 radical (unpaired) electrons. The number of hydrogen-bond acceptors (Lipinski definition) is 7. The second kappa shape index (κ2) is 9.86. The molecule has 9 heteroatoms. The third-order valence-electron chi connectivity index (χ3n) is 5.45. The van der Waals surface area contributed by atoms with Gasteiger partial charge in [-0.3, -0.25) is 4.79 Å².